The number of likely N-dealkylation sites (N-methyl/N-ethyl adjacent to an activating group) is 1. The summed E-state index contributed by atoms with van der Waals surface area (Å²) in [6.07, 6.45) is 1.21. The Balaban J connectivity index is 1.75. The lowest BCUT2D eigenvalue weighted by molar-refractivity contribution is 0.171. The monoisotopic (exact) mass is 264 g/mol. The average Bonchev–Trinajstić information content (AvgIpc) is 3.06. The number of nitrogens with zero attached hydrogens (tertiary/aromatic N) is 1. The van der Waals surface area contributed by atoms with E-state index in [2.05, 4.69) is 16.3 Å². The van der Waals surface area contributed by atoms with Crippen LogP contribution in [-0.2, 0) is 6.54 Å². The number of ether oxygens (including phenoxy) is 3. The van der Waals surface area contributed by atoms with Gasteiger partial charge in [0.1, 0.15) is 0 Å². The maximum absolute atomic E-state index is 5.46. The van der Waals surface area contributed by atoms with Gasteiger partial charge in [0, 0.05) is 25.7 Å². The van der Waals surface area contributed by atoms with Gasteiger partial charge in [-0.3, -0.25) is 4.90 Å². The molecule has 0 aromatic heterocycles. The minimum atomic E-state index is 0.278. The Kier molecular flexibility index (Phi) is 3.48. The van der Waals surface area contributed by atoms with Gasteiger partial charge in [0.2, 0.25) is 12.5 Å². The molecule has 5 heteroatoms. The van der Waals surface area contributed by atoms with E-state index in [9.17, 15) is 0 Å². The zero-order valence-electron chi connectivity index (χ0n) is 11.4. The van der Waals surface area contributed by atoms with Crippen molar-refractivity contribution in [2.75, 3.05) is 34.0 Å². The van der Waals surface area contributed by atoms with Crippen molar-refractivity contribution in [2.24, 2.45) is 0 Å². The summed E-state index contributed by atoms with van der Waals surface area (Å²) in [5.74, 6) is 2.27. The van der Waals surface area contributed by atoms with E-state index in [1.54, 1.807) is 7.11 Å². The second-order valence-electron chi connectivity index (χ2n) is 5.04. The molecule has 1 aromatic rings. The summed E-state index contributed by atoms with van der Waals surface area (Å²) in [5.41, 5.74) is 1.21. The van der Waals surface area contributed by atoms with Gasteiger partial charge in [0.25, 0.3) is 0 Å². The molecule has 2 aliphatic rings. The molecule has 1 saturated heterocycles. The van der Waals surface area contributed by atoms with Crippen LogP contribution in [0.5, 0.6) is 17.2 Å². The first-order chi connectivity index (χ1) is 9.30. The van der Waals surface area contributed by atoms with Crippen molar-refractivity contribution in [3.8, 4) is 17.2 Å². The molecule has 19 heavy (non-hydrogen) atoms. The van der Waals surface area contributed by atoms with E-state index in [0.29, 0.717) is 6.04 Å². The normalized spacial score (nSPS) is 21.9. The molecule has 104 valence electrons. The predicted octanol–water partition coefficient (Wildman–Crippen LogP) is 1.22. The third-order valence-electron chi connectivity index (χ3n) is 3.80. The lowest BCUT2D eigenvalue weighted by atomic mass is 10.1. The van der Waals surface area contributed by atoms with Gasteiger partial charge in [-0.2, -0.15) is 0 Å². The largest absolute Gasteiger partial charge is 0.493 e. The van der Waals surface area contributed by atoms with Crippen LogP contribution < -0.4 is 19.5 Å². The van der Waals surface area contributed by atoms with Crippen LogP contribution in [0, 0.1) is 0 Å². The van der Waals surface area contributed by atoms with Crippen LogP contribution in [0.25, 0.3) is 0 Å². The van der Waals surface area contributed by atoms with Crippen molar-refractivity contribution in [2.45, 2.75) is 19.0 Å². The van der Waals surface area contributed by atoms with Gasteiger partial charge in [0.15, 0.2) is 11.5 Å². The number of hydrogen-bond donors (Lipinski definition) is 1. The highest BCUT2D eigenvalue weighted by Crippen LogP contribution is 2.42. The molecule has 0 radical (unpaired) electrons. The molecule has 5 nitrogen and oxygen atoms in total. The lowest BCUT2D eigenvalue weighted by Crippen LogP contribution is -2.29. The number of methoxy groups -OCH3 is 1. The van der Waals surface area contributed by atoms with Crippen molar-refractivity contribution in [3.63, 3.8) is 0 Å². The number of likely N-dealkylation sites (tertiary alicyclic amines) is 1. The topological polar surface area (TPSA) is 43.0 Å². The third kappa shape index (κ3) is 2.48. The molecule has 0 amide bonds. The van der Waals surface area contributed by atoms with Crippen molar-refractivity contribution < 1.29 is 14.2 Å². The van der Waals surface area contributed by atoms with E-state index in [1.165, 1.54) is 12.0 Å². The van der Waals surface area contributed by atoms with E-state index in [4.69, 9.17) is 14.2 Å². The second kappa shape index (κ2) is 5.27. The highest BCUT2D eigenvalue weighted by atomic mass is 16.7. The van der Waals surface area contributed by atoms with E-state index in [1.807, 2.05) is 13.1 Å². The summed E-state index contributed by atoms with van der Waals surface area (Å²) in [6, 6.07) is 4.70. The van der Waals surface area contributed by atoms with Gasteiger partial charge >= 0.3 is 0 Å². The second-order valence-corrected chi connectivity index (χ2v) is 5.04. The van der Waals surface area contributed by atoms with Crippen LogP contribution in [0.2, 0.25) is 0 Å². The summed E-state index contributed by atoms with van der Waals surface area (Å²) in [4.78, 5) is 2.44. The number of benzene rings is 1. The first-order valence-corrected chi connectivity index (χ1v) is 6.66. The fraction of sp³-hybridized carbons (Fsp3) is 0.571. The molecule has 1 fully saturated rings. The molecule has 0 saturated carbocycles. The maximum atomic E-state index is 5.46. The summed E-state index contributed by atoms with van der Waals surface area (Å²) < 4.78 is 16.2. The van der Waals surface area contributed by atoms with Crippen molar-refractivity contribution >= 4 is 0 Å². The number of hydrogen-bond acceptors (Lipinski definition) is 5. The van der Waals surface area contributed by atoms with Crippen molar-refractivity contribution in [1.82, 2.24) is 10.2 Å². The van der Waals surface area contributed by atoms with Crippen LogP contribution in [0.1, 0.15) is 12.0 Å². The highest BCUT2D eigenvalue weighted by Gasteiger charge is 2.24. The van der Waals surface area contributed by atoms with Gasteiger partial charge in [-0.1, -0.05) is 0 Å². The number of nitrogens with one attached hydrogen (secondary N) is 1. The smallest absolute Gasteiger partial charge is 0.231 e. The molecule has 1 aromatic carbocycles. The first kappa shape index (κ1) is 12.6. The van der Waals surface area contributed by atoms with E-state index in [0.717, 1.165) is 36.9 Å². The Labute approximate surface area is 113 Å². The minimum Gasteiger partial charge on any atom is -0.493 e. The molecular weight excluding hydrogens is 244 g/mol. The average molecular weight is 264 g/mol. The van der Waals surface area contributed by atoms with Gasteiger partial charge in [0.05, 0.1) is 7.11 Å². The van der Waals surface area contributed by atoms with Crippen LogP contribution in [0.15, 0.2) is 12.1 Å². The SMILES string of the molecule is CNC1CCN(Cc2cc(OC)c3c(c2)OCO3)C1. The van der Waals surface area contributed by atoms with Gasteiger partial charge in [-0.05, 0) is 31.2 Å². The minimum absolute atomic E-state index is 0.278. The Bertz CT molecular complexity index is 464. The molecule has 1 N–H and O–H groups in total. The molecule has 1 atom stereocenters. The van der Waals surface area contributed by atoms with Gasteiger partial charge in [-0.15, -0.1) is 0 Å². The molecule has 1 unspecified atom stereocenters. The van der Waals surface area contributed by atoms with Crippen LogP contribution in [-0.4, -0.2) is 45.0 Å². The predicted molar refractivity (Wildman–Crippen MR) is 71.9 cm³/mol. The van der Waals surface area contributed by atoms with Gasteiger partial charge < -0.3 is 19.5 Å². The van der Waals surface area contributed by atoms with Crippen molar-refractivity contribution in [1.29, 1.82) is 0 Å². The Morgan fingerprint density at radius 3 is 3.05 bits per heavy atom. The van der Waals surface area contributed by atoms with Crippen LogP contribution in [0.4, 0.5) is 0 Å². The van der Waals surface area contributed by atoms with Crippen LogP contribution >= 0.6 is 0 Å². The molecule has 0 aliphatic carbocycles. The molecule has 3 rings (SSSR count). The summed E-state index contributed by atoms with van der Waals surface area (Å²) in [5, 5.41) is 3.33. The molecule has 0 bridgehead atoms. The fourth-order valence-electron chi connectivity index (χ4n) is 2.75. The Hall–Kier alpha value is -1.46. The van der Waals surface area contributed by atoms with E-state index >= 15 is 0 Å². The Morgan fingerprint density at radius 1 is 1.42 bits per heavy atom. The fourth-order valence-corrected chi connectivity index (χ4v) is 2.75. The van der Waals surface area contributed by atoms with Crippen LogP contribution in [0.3, 0.4) is 0 Å². The molecule has 2 aliphatic heterocycles. The van der Waals surface area contributed by atoms with Gasteiger partial charge in [-0.25, -0.2) is 0 Å². The quantitative estimate of drug-likeness (QED) is 0.885. The number of rotatable bonds is 4. The Morgan fingerprint density at radius 2 is 2.32 bits per heavy atom. The van der Waals surface area contributed by atoms with E-state index in [-0.39, 0.29) is 6.79 Å². The summed E-state index contributed by atoms with van der Waals surface area (Å²) in [6.45, 7) is 3.42. The third-order valence-corrected chi connectivity index (χ3v) is 3.80. The lowest BCUT2D eigenvalue weighted by Gasteiger charge is -2.17. The molecule has 0 spiro atoms. The number of fused-ring (bicyclic) bond motifs is 1. The summed E-state index contributed by atoms with van der Waals surface area (Å²) >= 11 is 0. The molecular formula is C14H20N2O3. The summed E-state index contributed by atoms with van der Waals surface area (Å²) in [7, 11) is 3.69. The zero-order chi connectivity index (χ0) is 13.2. The van der Waals surface area contributed by atoms with Crippen molar-refractivity contribution in [3.05, 3.63) is 17.7 Å². The van der Waals surface area contributed by atoms with E-state index < -0.39 is 0 Å². The highest BCUT2D eigenvalue weighted by molar-refractivity contribution is 5.55. The first-order valence-electron chi connectivity index (χ1n) is 6.66. The maximum Gasteiger partial charge on any atom is 0.231 e. The standard InChI is InChI=1S/C14H20N2O3/c1-15-11-3-4-16(8-11)7-10-5-12(17-2)14-13(6-10)18-9-19-14/h5-6,11,15H,3-4,7-9H2,1-2H3. The zero-order valence-corrected chi connectivity index (χ0v) is 11.4. The molecule has 2 heterocycles.